The van der Waals surface area contributed by atoms with Crippen LogP contribution in [0, 0.1) is 0 Å². The summed E-state index contributed by atoms with van der Waals surface area (Å²) in [5.74, 6) is 1.30. The smallest absolute Gasteiger partial charge is 0.330 e. The Balaban J connectivity index is 1.68. The standard InChI is InChI=1S/C30H30N2O7/c1-37-22-12-8-20(9-13-22)30(19-6-4-3-5-7-19,21-10-14-23(38-2)15-11-21)28(35)27-24(33)18-26(39-27)32-17-16-25(34)31-29(32)36/h3-17,24,26-28,33,35H,18H2,1-2H3,(H,31,34,36)/t24-,26+,27-,28?/m0/s1. The number of hydrogen-bond donors (Lipinski definition) is 3. The summed E-state index contributed by atoms with van der Waals surface area (Å²) in [5, 5.41) is 23.5. The summed E-state index contributed by atoms with van der Waals surface area (Å²) in [4.78, 5) is 26.2. The Morgan fingerprint density at radius 3 is 1.92 bits per heavy atom. The minimum absolute atomic E-state index is 0.0454. The molecule has 0 spiro atoms. The van der Waals surface area contributed by atoms with E-state index in [1.54, 1.807) is 14.2 Å². The maximum atomic E-state index is 12.5. The van der Waals surface area contributed by atoms with E-state index < -0.39 is 41.2 Å². The highest BCUT2D eigenvalue weighted by atomic mass is 16.5. The molecule has 3 aromatic carbocycles. The van der Waals surface area contributed by atoms with Gasteiger partial charge in [-0.25, -0.2) is 4.79 Å². The molecule has 39 heavy (non-hydrogen) atoms. The number of ether oxygens (including phenoxy) is 3. The molecule has 2 heterocycles. The zero-order valence-electron chi connectivity index (χ0n) is 21.6. The number of nitrogens with one attached hydrogen (secondary N) is 1. The lowest BCUT2D eigenvalue weighted by Gasteiger charge is -2.43. The Morgan fingerprint density at radius 1 is 0.872 bits per heavy atom. The summed E-state index contributed by atoms with van der Waals surface area (Å²) in [6, 6.07) is 25.5. The maximum absolute atomic E-state index is 12.5. The molecule has 1 fully saturated rings. The molecular formula is C30H30N2O7. The third kappa shape index (κ3) is 4.76. The van der Waals surface area contributed by atoms with Crippen LogP contribution in [0.1, 0.15) is 29.3 Å². The van der Waals surface area contributed by atoms with Gasteiger partial charge in [0.05, 0.1) is 25.7 Å². The zero-order valence-corrected chi connectivity index (χ0v) is 21.6. The van der Waals surface area contributed by atoms with Crippen molar-refractivity contribution in [2.45, 2.75) is 36.4 Å². The molecule has 3 N–H and O–H groups in total. The largest absolute Gasteiger partial charge is 0.497 e. The van der Waals surface area contributed by atoms with E-state index in [0.717, 1.165) is 16.7 Å². The van der Waals surface area contributed by atoms with E-state index in [1.807, 2.05) is 78.9 Å². The van der Waals surface area contributed by atoms with E-state index in [-0.39, 0.29) is 6.42 Å². The normalized spacial score (nSPS) is 19.9. The van der Waals surface area contributed by atoms with Gasteiger partial charge in [0.1, 0.15) is 29.9 Å². The van der Waals surface area contributed by atoms with Crippen LogP contribution >= 0.6 is 0 Å². The summed E-state index contributed by atoms with van der Waals surface area (Å²) < 4.78 is 18.2. The van der Waals surface area contributed by atoms with E-state index in [9.17, 15) is 19.8 Å². The number of rotatable bonds is 8. The van der Waals surface area contributed by atoms with Crippen molar-refractivity contribution in [3.05, 3.63) is 129 Å². The first-order valence-corrected chi connectivity index (χ1v) is 12.6. The minimum Gasteiger partial charge on any atom is -0.497 e. The summed E-state index contributed by atoms with van der Waals surface area (Å²) in [5.41, 5.74) is -0.132. The average Bonchev–Trinajstić information content (AvgIpc) is 3.35. The van der Waals surface area contributed by atoms with E-state index in [4.69, 9.17) is 14.2 Å². The van der Waals surface area contributed by atoms with Gasteiger partial charge in [-0.3, -0.25) is 14.3 Å². The highest BCUT2D eigenvalue weighted by Crippen LogP contribution is 2.47. The first kappa shape index (κ1) is 26.4. The van der Waals surface area contributed by atoms with Crippen LogP contribution in [-0.2, 0) is 10.2 Å². The average molecular weight is 531 g/mol. The molecule has 5 rings (SSSR count). The first-order chi connectivity index (χ1) is 18.9. The fourth-order valence-electron chi connectivity index (χ4n) is 5.45. The van der Waals surface area contributed by atoms with Crippen LogP contribution in [0.4, 0.5) is 0 Å². The fourth-order valence-corrected chi connectivity index (χ4v) is 5.45. The molecule has 1 aliphatic rings. The molecule has 4 aromatic rings. The number of hydrogen-bond acceptors (Lipinski definition) is 7. The van der Waals surface area contributed by atoms with Crippen molar-refractivity contribution >= 4 is 0 Å². The van der Waals surface area contributed by atoms with Crippen molar-refractivity contribution in [2.24, 2.45) is 0 Å². The molecule has 4 atom stereocenters. The molecule has 0 aliphatic carbocycles. The summed E-state index contributed by atoms with van der Waals surface area (Å²) in [6.45, 7) is 0. The van der Waals surface area contributed by atoms with Gasteiger partial charge in [-0.15, -0.1) is 0 Å². The second-order valence-electron chi connectivity index (χ2n) is 9.45. The van der Waals surface area contributed by atoms with Crippen LogP contribution in [-0.4, -0.2) is 52.3 Å². The van der Waals surface area contributed by atoms with Gasteiger partial charge in [-0.2, -0.15) is 0 Å². The summed E-state index contributed by atoms with van der Waals surface area (Å²) in [6.07, 6.45) is -3.01. The van der Waals surface area contributed by atoms with Gasteiger partial charge < -0.3 is 24.4 Å². The van der Waals surface area contributed by atoms with Crippen LogP contribution in [0.3, 0.4) is 0 Å². The highest BCUT2D eigenvalue weighted by molar-refractivity contribution is 5.54. The number of nitrogens with zero attached hydrogens (tertiary/aromatic N) is 1. The Labute approximate surface area is 224 Å². The molecular weight excluding hydrogens is 500 g/mol. The molecule has 0 saturated carbocycles. The Kier molecular flexibility index (Phi) is 7.38. The van der Waals surface area contributed by atoms with Crippen molar-refractivity contribution in [3.8, 4) is 11.5 Å². The molecule has 0 radical (unpaired) electrons. The molecule has 1 saturated heterocycles. The molecule has 0 amide bonds. The number of benzene rings is 3. The minimum atomic E-state index is -1.31. The quantitative estimate of drug-likeness (QED) is 0.299. The number of aromatic amines is 1. The van der Waals surface area contributed by atoms with Crippen molar-refractivity contribution in [1.29, 1.82) is 0 Å². The number of H-pyrrole nitrogens is 1. The molecule has 0 bridgehead atoms. The van der Waals surface area contributed by atoms with Gasteiger partial charge in [0.25, 0.3) is 5.56 Å². The van der Waals surface area contributed by atoms with Gasteiger partial charge in [0.15, 0.2) is 0 Å². The molecule has 9 nitrogen and oxygen atoms in total. The van der Waals surface area contributed by atoms with Crippen molar-refractivity contribution in [1.82, 2.24) is 9.55 Å². The van der Waals surface area contributed by atoms with E-state index >= 15 is 0 Å². The number of aliphatic hydroxyl groups is 2. The second kappa shape index (κ2) is 10.9. The fraction of sp³-hybridized carbons (Fsp3) is 0.267. The van der Waals surface area contributed by atoms with Gasteiger partial charge in [-0.05, 0) is 41.0 Å². The molecule has 9 heteroatoms. The third-order valence-electron chi connectivity index (χ3n) is 7.37. The number of aliphatic hydroxyl groups excluding tert-OH is 2. The predicted molar refractivity (Wildman–Crippen MR) is 144 cm³/mol. The SMILES string of the molecule is COc1ccc(C(c2ccccc2)(c2ccc(OC)cc2)C(O)[C@H]2O[C@@H](n3ccc(=O)[nH]c3=O)C[C@@H]2O)cc1. The van der Waals surface area contributed by atoms with Crippen molar-refractivity contribution in [2.75, 3.05) is 14.2 Å². The third-order valence-corrected chi connectivity index (χ3v) is 7.37. The van der Waals surface area contributed by atoms with Crippen molar-refractivity contribution < 1.29 is 24.4 Å². The zero-order chi connectivity index (χ0) is 27.6. The van der Waals surface area contributed by atoms with Crippen LogP contribution in [0.5, 0.6) is 11.5 Å². The van der Waals surface area contributed by atoms with Crippen LogP contribution in [0.25, 0.3) is 0 Å². The predicted octanol–water partition coefficient (Wildman–Crippen LogP) is 2.60. The second-order valence-corrected chi connectivity index (χ2v) is 9.45. The molecule has 1 aromatic heterocycles. The highest BCUT2D eigenvalue weighted by Gasteiger charge is 2.52. The van der Waals surface area contributed by atoms with Crippen LogP contribution in [0.2, 0.25) is 0 Å². The monoisotopic (exact) mass is 530 g/mol. The van der Waals surface area contributed by atoms with E-state index in [1.165, 1.54) is 16.8 Å². The van der Waals surface area contributed by atoms with Crippen molar-refractivity contribution in [3.63, 3.8) is 0 Å². The maximum Gasteiger partial charge on any atom is 0.330 e. The topological polar surface area (TPSA) is 123 Å². The van der Waals surface area contributed by atoms with Gasteiger partial charge in [0.2, 0.25) is 0 Å². The first-order valence-electron chi connectivity index (χ1n) is 12.6. The Bertz CT molecular complexity index is 1470. The molecule has 1 aliphatic heterocycles. The van der Waals surface area contributed by atoms with Crippen LogP contribution < -0.4 is 20.7 Å². The molecule has 1 unspecified atom stereocenters. The van der Waals surface area contributed by atoms with E-state index in [0.29, 0.717) is 11.5 Å². The lowest BCUT2D eigenvalue weighted by molar-refractivity contribution is -0.0976. The van der Waals surface area contributed by atoms with E-state index in [2.05, 4.69) is 4.98 Å². The van der Waals surface area contributed by atoms with Gasteiger partial charge in [0, 0.05) is 18.7 Å². The van der Waals surface area contributed by atoms with Gasteiger partial charge in [-0.1, -0.05) is 54.6 Å². The Morgan fingerprint density at radius 2 is 1.41 bits per heavy atom. The Hall–Kier alpha value is -4.18. The summed E-state index contributed by atoms with van der Waals surface area (Å²) >= 11 is 0. The van der Waals surface area contributed by atoms with Crippen LogP contribution in [0.15, 0.2) is 101 Å². The lowest BCUT2D eigenvalue weighted by atomic mass is 9.64. The number of methoxy groups -OCH3 is 2. The lowest BCUT2D eigenvalue weighted by Crippen LogP contribution is -2.51. The molecule has 202 valence electrons. The number of aromatic nitrogens is 2. The van der Waals surface area contributed by atoms with Gasteiger partial charge >= 0.3 is 5.69 Å². The summed E-state index contributed by atoms with van der Waals surface area (Å²) in [7, 11) is 3.17.